The smallest absolute Gasteiger partial charge is 0.0476 e. The monoisotopic (exact) mass is 236 g/mol. The van der Waals surface area contributed by atoms with Gasteiger partial charge in [-0.1, -0.05) is 60.7 Å². The Morgan fingerprint density at radius 3 is 1.89 bits per heavy atom. The number of aliphatic imine (C=N–C) groups is 1. The average Bonchev–Trinajstić information content (AvgIpc) is 2.46. The molecule has 90 valence electrons. The van der Waals surface area contributed by atoms with Crippen molar-refractivity contribution < 1.29 is 0 Å². The standard InChI is InChI=1S/C16H16N2/c1-18-16(14-10-6-3-7-11-14)12-15(17)13-8-4-2-5-9-13/h2-11,17H,12H2,1H3. The zero-order valence-electron chi connectivity index (χ0n) is 10.4. The van der Waals surface area contributed by atoms with Crippen molar-refractivity contribution in [1.82, 2.24) is 0 Å². The summed E-state index contributed by atoms with van der Waals surface area (Å²) in [5.41, 5.74) is 3.58. The Morgan fingerprint density at radius 2 is 1.39 bits per heavy atom. The van der Waals surface area contributed by atoms with Gasteiger partial charge in [0.05, 0.1) is 0 Å². The van der Waals surface area contributed by atoms with Crippen LogP contribution in [0.4, 0.5) is 0 Å². The second-order valence-electron chi connectivity index (χ2n) is 4.06. The van der Waals surface area contributed by atoms with E-state index in [9.17, 15) is 0 Å². The van der Waals surface area contributed by atoms with E-state index in [1.807, 2.05) is 60.7 Å². The van der Waals surface area contributed by atoms with Crippen LogP contribution in [0.2, 0.25) is 0 Å². The van der Waals surface area contributed by atoms with Gasteiger partial charge in [-0.15, -0.1) is 0 Å². The third-order valence-electron chi connectivity index (χ3n) is 2.84. The lowest BCUT2D eigenvalue weighted by Gasteiger charge is -2.07. The molecular weight excluding hydrogens is 220 g/mol. The Balaban J connectivity index is 2.16. The van der Waals surface area contributed by atoms with E-state index >= 15 is 0 Å². The van der Waals surface area contributed by atoms with Gasteiger partial charge < -0.3 is 5.41 Å². The summed E-state index contributed by atoms with van der Waals surface area (Å²) in [4.78, 5) is 4.30. The fourth-order valence-corrected chi connectivity index (χ4v) is 1.85. The third kappa shape index (κ3) is 2.92. The van der Waals surface area contributed by atoms with E-state index in [1.165, 1.54) is 0 Å². The van der Waals surface area contributed by atoms with Gasteiger partial charge in [0.2, 0.25) is 0 Å². The Kier molecular flexibility index (Phi) is 4.02. The summed E-state index contributed by atoms with van der Waals surface area (Å²) in [6.45, 7) is 0. The maximum Gasteiger partial charge on any atom is 0.0476 e. The van der Waals surface area contributed by atoms with Crippen LogP contribution < -0.4 is 0 Å². The summed E-state index contributed by atoms with van der Waals surface area (Å²) < 4.78 is 0. The van der Waals surface area contributed by atoms with Gasteiger partial charge in [-0.2, -0.15) is 0 Å². The highest BCUT2D eigenvalue weighted by molar-refractivity contribution is 6.16. The minimum absolute atomic E-state index is 0.560. The molecule has 0 unspecified atom stereocenters. The van der Waals surface area contributed by atoms with Gasteiger partial charge in [0.15, 0.2) is 0 Å². The van der Waals surface area contributed by atoms with E-state index in [2.05, 4.69) is 4.99 Å². The minimum Gasteiger partial charge on any atom is -0.304 e. The molecule has 0 saturated carbocycles. The zero-order chi connectivity index (χ0) is 12.8. The van der Waals surface area contributed by atoms with Gasteiger partial charge in [-0.3, -0.25) is 4.99 Å². The maximum atomic E-state index is 8.13. The van der Waals surface area contributed by atoms with E-state index in [1.54, 1.807) is 7.05 Å². The molecule has 2 aromatic carbocycles. The largest absolute Gasteiger partial charge is 0.304 e. The van der Waals surface area contributed by atoms with E-state index in [4.69, 9.17) is 5.41 Å². The van der Waals surface area contributed by atoms with Crippen molar-refractivity contribution in [2.45, 2.75) is 6.42 Å². The Labute approximate surface area is 108 Å². The molecule has 1 N–H and O–H groups in total. The second-order valence-corrected chi connectivity index (χ2v) is 4.06. The number of rotatable bonds is 4. The Bertz CT molecular complexity index is 542. The first-order chi connectivity index (χ1) is 8.81. The fourth-order valence-electron chi connectivity index (χ4n) is 1.85. The van der Waals surface area contributed by atoms with Crippen LogP contribution in [0.25, 0.3) is 0 Å². The molecule has 0 radical (unpaired) electrons. The van der Waals surface area contributed by atoms with Crippen molar-refractivity contribution >= 4 is 11.4 Å². The average molecular weight is 236 g/mol. The highest BCUT2D eigenvalue weighted by Gasteiger charge is 2.07. The van der Waals surface area contributed by atoms with Gasteiger partial charge in [-0.25, -0.2) is 0 Å². The van der Waals surface area contributed by atoms with Crippen LogP contribution in [0.1, 0.15) is 17.5 Å². The van der Waals surface area contributed by atoms with Gasteiger partial charge in [-0.05, 0) is 11.1 Å². The molecule has 0 heterocycles. The van der Waals surface area contributed by atoms with Crippen LogP contribution in [0.5, 0.6) is 0 Å². The minimum atomic E-state index is 0.560. The Morgan fingerprint density at radius 1 is 0.889 bits per heavy atom. The molecule has 0 aliphatic heterocycles. The van der Waals surface area contributed by atoms with Crippen LogP contribution >= 0.6 is 0 Å². The second kappa shape index (κ2) is 5.92. The number of benzene rings is 2. The van der Waals surface area contributed by atoms with E-state index in [0.717, 1.165) is 16.8 Å². The summed E-state index contributed by atoms with van der Waals surface area (Å²) in [5.74, 6) is 0. The zero-order valence-corrected chi connectivity index (χ0v) is 10.4. The van der Waals surface area contributed by atoms with Crippen LogP contribution in [-0.2, 0) is 0 Å². The van der Waals surface area contributed by atoms with E-state index in [-0.39, 0.29) is 0 Å². The highest BCUT2D eigenvalue weighted by atomic mass is 14.7. The van der Waals surface area contributed by atoms with Crippen molar-refractivity contribution in [1.29, 1.82) is 5.41 Å². The molecule has 0 bridgehead atoms. The lowest BCUT2D eigenvalue weighted by atomic mass is 10.0. The van der Waals surface area contributed by atoms with E-state index < -0.39 is 0 Å². The first-order valence-electron chi connectivity index (χ1n) is 5.95. The predicted molar refractivity (Wildman–Crippen MR) is 76.8 cm³/mol. The lowest BCUT2D eigenvalue weighted by molar-refractivity contribution is 1.33. The summed E-state index contributed by atoms with van der Waals surface area (Å²) >= 11 is 0. The molecule has 0 aromatic heterocycles. The van der Waals surface area contributed by atoms with Gasteiger partial charge >= 0.3 is 0 Å². The molecule has 0 aliphatic rings. The van der Waals surface area contributed by atoms with Crippen LogP contribution in [-0.4, -0.2) is 18.5 Å². The molecule has 2 nitrogen and oxygen atoms in total. The SMILES string of the molecule is CN=C(CC(=N)c1ccccc1)c1ccccc1. The molecule has 2 rings (SSSR count). The number of hydrogen-bond acceptors (Lipinski definition) is 2. The number of nitrogens with zero attached hydrogens (tertiary/aromatic N) is 1. The third-order valence-corrected chi connectivity index (χ3v) is 2.84. The molecule has 0 fully saturated rings. The van der Waals surface area contributed by atoms with Crippen molar-refractivity contribution in [3.63, 3.8) is 0 Å². The van der Waals surface area contributed by atoms with E-state index in [0.29, 0.717) is 12.1 Å². The maximum absolute atomic E-state index is 8.13. The molecule has 0 saturated heterocycles. The lowest BCUT2D eigenvalue weighted by Crippen LogP contribution is -2.09. The molecule has 0 spiro atoms. The number of nitrogens with one attached hydrogen (secondary N) is 1. The normalized spacial score (nSPS) is 11.3. The van der Waals surface area contributed by atoms with Gasteiger partial charge in [0.1, 0.15) is 0 Å². The molecule has 2 heteroatoms. The molecule has 2 aromatic rings. The first-order valence-corrected chi connectivity index (χ1v) is 5.95. The van der Waals surface area contributed by atoms with Gasteiger partial charge in [0.25, 0.3) is 0 Å². The topological polar surface area (TPSA) is 36.2 Å². The first kappa shape index (κ1) is 12.2. The summed E-state index contributed by atoms with van der Waals surface area (Å²) in [5, 5.41) is 8.13. The molecular formula is C16H16N2. The van der Waals surface area contributed by atoms with Crippen LogP contribution in [0, 0.1) is 5.41 Å². The fraction of sp³-hybridized carbons (Fsp3) is 0.125. The number of hydrogen-bond donors (Lipinski definition) is 1. The van der Waals surface area contributed by atoms with Crippen LogP contribution in [0.3, 0.4) is 0 Å². The molecule has 0 atom stereocenters. The molecule has 18 heavy (non-hydrogen) atoms. The van der Waals surface area contributed by atoms with Crippen molar-refractivity contribution in [2.75, 3.05) is 7.05 Å². The summed E-state index contributed by atoms with van der Waals surface area (Å²) in [6.07, 6.45) is 0.560. The van der Waals surface area contributed by atoms with Crippen LogP contribution in [0.15, 0.2) is 65.7 Å². The summed E-state index contributed by atoms with van der Waals surface area (Å²) in [7, 11) is 1.78. The van der Waals surface area contributed by atoms with Crippen molar-refractivity contribution in [3.05, 3.63) is 71.8 Å². The van der Waals surface area contributed by atoms with Crippen molar-refractivity contribution in [2.24, 2.45) is 4.99 Å². The van der Waals surface area contributed by atoms with Gasteiger partial charge in [0, 0.05) is 24.9 Å². The molecule has 0 aliphatic carbocycles. The Hall–Kier alpha value is -2.22. The molecule has 0 amide bonds. The quantitative estimate of drug-likeness (QED) is 0.788. The highest BCUT2D eigenvalue weighted by Crippen LogP contribution is 2.09. The van der Waals surface area contributed by atoms with Crippen molar-refractivity contribution in [3.8, 4) is 0 Å². The summed E-state index contributed by atoms with van der Waals surface area (Å²) in [6, 6.07) is 19.8. The predicted octanol–water partition coefficient (Wildman–Crippen LogP) is 3.56.